The van der Waals surface area contributed by atoms with Crippen molar-refractivity contribution < 1.29 is 4.42 Å². The molecule has 0 unspecified atom stereocenters. The maximum absolute atomic E-state index is 5.85. The highest BCUT2D eigenvalue weighted by Gasteiger charge is 2.22. The molecule has 1 aliphatic rings. The predicted octanol–water partition coefficient (Wildman–Crippen LogP) is 2.49. The highest BCUT2D eigenvalue weighted by atomic mass is 16.4. The Morgan fingerprint density at radius 3 is 2.80 bits per heavy atom. The molecule has 1 aliphatic heterocycles. The Bertz CT molecular complexity index is 381. The van der Waals surface area contributed by atoms with Crippen LogP contribution in [0.5, 0.6) is 0 Å². The fourth-order valence-electron chi connectivity index (χ4n) is 2.92. The van der Waals surface area contributed by atoms with Crippen molar-refractivity contribution in [2.45, 2.75) is 52.0 Å². The van der Waals surface area contributed by atoms with Crippen LogP contribution in [0.15, 0.2) is 10.6 Å². The molecule has 2 heterocycles. The number of nitrogens with one attached hydrogen (secondary N) is 1. The Morgan fingerprint density at radius 2 is 2.15 bits per heavy atom. The first-order valence-electron chi connectivity index (χ1n) is 8.01. The maximum atomic E-state index is 5.85. The highest BCUT2D eigenvalue weighted by molar-refractivity contribution is 4.96. The Kier molecular flexibility index (Phi) is 6.05. The summed E-state index contributed by atoms with van der Waals surface area (Å²) in [4.78, 5) is 7.01. The van der Waals surface area contributed by atoms with E-state index in [0.29, 0.717) is 6.04 Å². The number of rotatable bonds is 7. The second-order valence-corrected chi connectivity index (χ2v) is 6.20. The molecule has 20 heavy (non-hydrogen) atoms. The van der Waals surface area contributed by atoms with Crippen molar-refractivity contribution in [2.24, 2.45) is 5.92 Å². The van der Waals surface area contributed by atoms with Crippen molar-refractivity contribution in [3.05, 3.63) is 17.8 Å². The minimum atomic E-state index is 0.677. The van der Waals surface area contributed by atoms with Crippen LogP contribution in [0.25, 0.3) is 0 Å². The molecule has 1 N–H and O–H groups in total. The zero-order valence-corrected chi connectivity index (χ0v) is 13.2. The van der Waals surface area contributed by atoms with Crippen LogP contribution in [-0.4, -0.2) is 42.6 Å². The van der Waals surface area contributed by atoms with Gasteiger partial charge in [0.1, 0.15) is 5.76 Å². The molecule has 0 aromatic carbocycles. The molecule has 0 spiro atoms. The summed E-state index contributed by atoms with van der Waals surface area (Å²) in [7, 11) is 1.98. The molecule has 1 aromatic rings. The molecule has 0 aliphatic carbocycles. The van der Waals surface area contributed by atoms with Crippen LogP contribution in [0.3, 0.4) is 0 Å². The quantitative estimate of drug-likeness (QED) is 0.779. The first kappa shape index (κ1) is 15.5. The van der Waals surface area contributed by atoms with E-state index < -0.39 is 0 Å². The fourth-order valence-corrected chi connectivity index (χ4v) is 2.92. The molecular weight excluding hydrogens is 250 g/mol. The van der Waals surface area contributed by atoms with Crippen molar-refractivity contribution >= 4 is 0 Å². The molecule has 1 aromatic heterocycles. The van der Waals surface area contributed by atoms with Gasteiger partial charge in [-0.2, -0.15) is 0 Å². The lowest BCUT2D eigenvalue weighted by Crippen LogP contribution is -2.38. The van der Waals surface area contributed by atoms with E-state index in [1.807, 2.05) is 13.2 Å². The van der Waals surface area contributed by atoms with Crippen LogP contribution in [0.4, 0.5) is 0 Å². The summed E-state index contributed by atoms with van der Waals surface area (Å²) in [6.07, 6.45) is 7.56. The summed E-state index contributed by atoms with van der Waals surface area (Å²) < 4.78 is 5.85. The first-order valence-corrected chi connectivity index (χ1v) is 8.01. The van der Waals surface area contributed by atoms with Crippen molar-refractivity contribution in [3.63, 3.8) is 0 Å². The number of aryl methyl sites for hydroxylation is 1. The molecule has 0 saturated carbocycles. The van der Waals surface area contributed by atoms with E-state index in [1.165, 1.54) is 25.9 Å². The van der Waals surface area contributed by atoms with Gasteiger partial charge in [-0.3, -0.25) is 0 Å². The van der Waals surface area contributed by atoms with E-state index in [9.17, 15) is 0 Å². The average molecular weight is 279 g/mol. The van der Waals surface area contributed by atoms with Crippen molar-refractivity contribution in [3.8, 4) is 0 Å². The number of hydrogen-bond acceptors (Lipinski definition) is 4. The third-order valence-corrected chi connectivity index (χ3v) is 4.29. The number of likely N-dealkylation sites (tertiary alicyclic amines) is 1. The van der Waals surface area contributed by atoms with E-state index in [1.54, 1.807) is 0 Å². The number of piperidine rings is 1. The van der Waals surface area contributed by atoms with Gasteiger partial charge in [-0.05, 0) is 65.7 Å². The monoisotopic (exact) mass is 279 g/mol. The van der Waals surface area contributed by atoms with Crippen molar-refractivity contribution in [2.75, 3.05) is 26.7 Å². The minimum absolute atomic E-state index is 0.677. The molecule has 114 valence electrons. The topological polar surface area (TPSA) is 41.3 Å². The summed E-state index contributed by atoms with van der Waals surface area (Å²) in [6.45, 7) is 8.04. The molecular formula is C16H29N3O. The molecule has 0 bridgehead atoms. The van der Waals surface area contributed by atoms with Gasteiger partial charge in [0, 0.05) is 18.9 Å². The molecule has 1 fully saturated rings. The van der Waals surface area contributed by atoms with Crippen LogP contribution in [0.2, 0.25) is 0 Å². The minimum Gasteiger partial charge on any atom is -0.446 e. The normalized spacial score (nSPS) is 18.0. The van der Waals surface area contributed by atoms with Gasteiger partial charge in [0.05, 0.1) is 6.20 Å². The summed E-state index contributed by atoms with van der Waals surface area (Å²) >= 11 is 0. The second kappa shape index (κ2) is 7.79. The highest BCUT2D eigenvalue weighted by Crippen LogP contribution is 2.22. The van der Waals surface area contributed by atoms with Gasteiger partial charge in [-0.25, -0.2) is 4.98 Å². The van der Waals surface area contributed by atoms with E-state index >= 15 is 0 Å². The third-order valence-electron chi connectivity index (χ3n) is 4.29. The number of aromatic nitrogens is 1. The molecule has 4 nitrogen and oxygen atoms in total. The van der Waals surface area contributed by atoms with Crippen LogP contribution < -0.4 is 5.32 Å². The maximum Gasteiger partial charge on any atom is 0.194 e. The van der Waals surface area contributed by atoms with Gasteiger partial charge in [0.25, 0.3) is 0 Å². The summed E-state index contributed by atoms with van der Waals surface area (Å²) in [5.41, 5.74) is 0. The van der Waals surface area contributed by atoms with Crippen molar-refractivity contribution in [1.29, 1.82) is 0 Å². The number of hydrogen-bond donors (Lipinski definition) is 1. The third kappa shape index (κ3) is 4.60. The van der Waals surface area contributed by atoms with E-state index in [2.05, 4.69) is 29.0 Å². The van der Waals surface area contributed by atoms with E-state index in [0.717, 1.165) is 43.4 Å². The van der Waals surface area contributed by atoms with Crippen LogP contribution in [0, 0.1) is 5.92 Å². The van der Waals surface area contributed by atoms with Gasteiger partial charge in [-0.15, -0.1) is 0 Å². The van der Waals surface area contributed by atoms with Crippen molar-refractivity contribution in [1.82, 2.24) is 15.2 Å². The van der Waals surface area contributed by atoms with Crippen LogP contribution in [-0.2, 0) is 12.8 Å². The first-order chi connectivity index (χ1) is 9.69. The Hall–Kier alpha value is -0.870. The fraction of sp³-hybridized carbons (Fsp3) is 0.812. The summed E-state index contributed by atoms with van der Waals surface area (Å²) in [5.74, 6) is 2.72. The van der Waals surface area contributed by atoms with Gasteiger partial charge >= 0.3 is 0 Å². The Labute approximate surface area is 122 Å². The van der Waals surface area contributed by atoms with Crippen LogP contribution >= 0.6 is 0 Å². The van der Waals surface area contributed by atoms with Gasteiger partial charge in [-0.1, -0.05) is 0 Å². The molecule has 2 rings (SSSR count). The van der Waals surface area contributed by atoms with E-state index in [-0.39, 0.29) is 0 Å². The molecule has 0 atom stereocenters. The smallest absolute Gasteiger partial charge is 0.194 e. The Balaban J connectivity index is 1.74. The second-order valence-electron chi connectivity index (χ2n) is 6.20. The molecule has 0 radical (unpaired) electrons. The predicted molar refractivity (Wildman–Crippen MR) is 81.9 cm³/mol. The van der Waals surface area contributed by atoms with E-state index in [4.69, 9.17) is 4.42 Å². The lowest BCUT2D eigenvalue weighted by molar-refractivity contribution is 0.146. The van der Waals surface area contributed by atoms with Crippen LogP contribution in [0.1, 0.15) is 44.8 Å². The molecule has 0 amide bonds. The van der Waals surface area contributed by atoms with Gasteiger partial charge in [0.2, 0.25) is 0 Å². The summed E-state index contributed by atoms with van der Waals surface area (Å²) in [6, 6.07) is 0.677. The van der Waals surface area contributed by atoms with Gasteiger partial charge < -0.3 is 14.6 Å². The zero-order chi connectivity index (χ0) is 14.4. The summed E-state index contributed by atoms with van der Waals surface area (Å²) in [5, 5.41) is 3.16. The molecule has 4 heteroatoms. The average Bonchev–Trinajstić information content (AvgIpc) is 2.87. The zero-order valence-electron chi connectivity index (χ0n) is 13.2. The SMILES string of the molecule is CNCCCc1cnc(CC2CCN(C(C)C)CC2)o1. The Morgan fingerprint density at radius 1 is 1.40 bits per heavy atom. The number of oxazole rings is 1. The number of nitrogens with zero attached hydrogens (tertiary/aromatic N) is 2. The largest absolute Gasteiger partial charge is 0.446 e. The molecule has 1 saturated heterocycles. The van der Waals surface area contributed by atoms with Gasteiger partial charge in [0.15, 0.2) is 5.89 Å². The lowest BCUT2D eigenvalue weighted by atomic mass is 9.93. The standard InChI is InChI=1S/C16H29N3O/c1-13(2)19-9-6-14(7-10-19)11-16-18-12-15(20-16)5-4-8-17-3/h12-14,17H,4-11H2,1-3H3. The lowest BCUT2D eigenvalue weighted by Gasteiger charge is -2.34.